The van der Waals surface area contributed by atoms with Crippen LogP contribution in [0.15, 0.2) is 42.5 Å². The fourth-order valence-electron chi connectivity index (χ4n) is 3.06. The minimum absolute atomic E-state index is 0.149. The Balaban J connectivity index is 1.94. The van der Waals surface area contributed by atoms with Crippen molar-refractivity contribution in [1.82, 2.24) is 0 Å². The number of benzene rings is 2. The van der Waals surface area contributed by atoms with Crippen molar-refractivity contribution in [2.24, 2.45) is 0 Å². The molecule has 2 aromatic rings. The lowest BCUT2D eigenvalue weighted by Crippen LogP contribution is -2.42. The van der Waals surface area contributed by atoms with Crippen LogP contribution in [-0.4, -0.2) is 31.1 Å². The second-order valence-electron chi connectivity index (χ2n) is 7.28. The molecule has 3 rings (SSSR count). The largest absolute Gasteiger partial charge is 0.416 e. The first-order chi connectivity index (χ1) is 13.9. The quantitative estimate of drug-likeness (QED) is 0.651. The molecule has 1 saturated carbocycles. The first kappa shape index (κ1) is 22.4. The molecule has 160 valence electrons. The van der Waals surface area contributed by atoms with E-state index in [1.807, 2.05) is 6.07 Å². The monoisotopic (exact) mass is 458 g/mol. The molecule has 0 saturated heterocycles. The van der Waals surface area contributed by atoms with Crippen LogP contribution in [0.25, 0.3) is 0 Å². The number of nitriles is 1. The van der Waals surface area contributed by atoms with E-state index >= 15 is 0 Å². The molecule has 0 aromatic heterocycles. The third-order valence-corrected chi connectivity index (χ3v) is 7.55. The molecule has 2 aromatic carbocycles. The molecule has 0 amide bonds. The number of rotatable bonds is 7. The van der Waals surface area contributed by atoms with Crippen LogP contribution in [0.2, 0.25) is 5.02 Å². The molecule has 1 aliphatic carbocycles. The predicted octanol–water partition coefficient (Wildman–Crippen LogP) is 4.11. The second kappa shape index (κ2) is 8.10. The molecule has 0 aliphatic heterocycles. The minimum atomic E-state index is -4.64. The highest BCUT2D eigenvalue weighted by Gasteiger charge is 2.43. The van der Waals surface area contributed by atoms with Gasteiger partial charge in [0.05, 0.1) is 27.2 Å². The third kappa shape index (κ3) is 5.06. The summed E-state index contributed by atoms with van der Waals surface area (Å²) in [5.41, 5.74) is -2.64. The summed E-state index contributed by atoms with van der Waals surface area (Å²) in [7, 11) is -3.70. The Bertz CT molecular complexity index is 1100. The van der Waals surface area contributed by atoms with Crippen LogP contribution in [0.1, 0.15) is 29.5 Å². The third-order valence-electron chi connectivity index (χ3n) is 4.87. The van der Waals surface area contributed by atoms with E-state index in [4.69, 9.17) is 16.9 Å². The number of nitrogens with one attached hydrogen (secondary N) is 1. The van der Waals surface area contributed by atoms with Gasteiger partial charge in [-0.3, -0.25) is 0 Å². The SMILES string of the molecule is N#Cc1ccc(NCC(O)(CS(=O)(=O)C2CC2)c2cccc(C(F)(F)F)c2)cc1Cl. The minimum Gasteiger partial charge on any atom is -0.382 e. The zero-order valence-corrected chi connectivity index (χ0v) is 17.2. The van der Waals surface area contributed by atoms with Gasteiger partial charge in [0.15, 0.2) is 9.84 Å². The number of anilines is 1. The molecule has 0 spiro atoms. The average Bonchev–Trinajstić information content (AvgIpc) is 3.52. The highest BCUT2D eigenvalue weighted by molar-refractivity contribution is 7.92. The molecule has 1 unspecified atom stereocenters. The van der Waals surface area contributed by atoms with Crippen molar-refractivity contribution in [3.8, 4) is 6.07 Å². The Hall–Kier alpha value is -2.28. The van der Waals surface area contributed by atoms with Crippen molar-refractivity contribution in [2.75, 3.05) is 17.6 Å². The molecule has 1 fully saturated rings. The van der Waals surface area contributed by atoms with Gasteiger partial charge in [-0.25, -0.2) is 8.42 Å². The fraction of sp³-hybridized carbons (Fsp3) is 0.350. The van der Waals surface area contributed by atoms with Crippen molar-refractivity contribution < 1.29 is 26.7 Å². The maximum atomic E-state index is 13.1. The topological polar surface area (TPSA) is 90.2 Å². The first-order valence-electron chi connectivity index (χ1n) is 9.00. The van der Waals surface area contributed by atoms with E-state index in [0.717, 1.165) is 18.2 Å². The van der Waals surface area contributed by atoms with Gasteiger partial charge in [0.1, 0.15) is 11.7 Å². The van der Waals surface area contributed by atoms with Crippen molar-refractivity contribution in [3.63, 3.8) is 0 Å². The zero-order chi connectivity index (χ0) is 22.2. The van der Waals surface area contributed by atoms with E-state index in [0.29, 0.717) is 18.5 Å². The molecule has 0 radical (unpaired) electrons. The predicted molar refractivity (Wildman–Crippen MR) is 107 cm³/mol. The highest BCUT2D eigenvalue weighted by atomic mass is 35.5. The summed E-state index contributed by atoms with van der Waals surface area (Å²) in [5, 5.41) is 22.6. The van der Waals surface area contributed by atoms with Gasteiger partial charge >= 0.3 is 6.18 Å². The maximum absolute atomic E-state index is 13.1. The van der Waals surface area contributed by atoms with Gasteiger partial charge < -0.3 is 10.4 Å². The van der Waals surface area contributed by atoms with Crippen molar-refractivity contribution >= 4 is 27.1 Å². The van der Waals surface area contributed by atoms with E-state index in [2.05, 4.69) is 5.32 Å². The van der Waals surface area contributed by atoms with Gasteiger partial charge in [0.25, 0.3) is 0 Å². The number of hydrogen-bond acceptors (Lipinski definition) is 5. The normalized spacial score (nSPS) is 16.5. The van der Waals surface area contributed by atoms with Crippen molar-refractivity contribution in [3.05, 3.63) is 64.2 Å². The van der Waals surface area contributed by atoms with Crippen molar-refractivity contribution in [2.45, 2.75) is 29.9 Å². The molecule has 0 bridgehead atoms. The van der Waals surface area contributed by atoms with E-state index < -0.39 is 38.2 Å². The summed E-state index contributed by atoms with van der Waals surface area (Å²) < 4.78 is 64.5. The molecular formula is C20H18ClF3N2O3S. The Morgan fingerprint density at radius 3 is 2.40 bits per heavy atom. The average molecular weight is 459 g/mol. The van der Waals surface area contributed by atoms with E-state index in [1.165, 1.54) is 24.3 Å². The Morgan fingerprint density at radius 2 is 1.83 bits per heavy atom. The van der Waals surface area contributed by atoms with Gasteiger partial charge in [-0.1, -0.05) is 23.7 Å². The zero-order valence-electron chi connectivity index (χ0n) is 15.6. The van der Waals surface area contributed by atoms with Gasteiger partial charge in [-0.2, -0.15) is 18.4 Å². The molecule has 2 N–H and O–H groups in total. The van der Waals surface area contributed by atoms with Crippen LogP contribution >= 0.6 is 11.6 Å². The smallest absolute Gasteiger partial charge is 0.382 e. The second-order valence-corrected chi connectivity index (χ2v) is 9.96. The van der Waals surface area contributed by atoms with Crippen LogP contribution in [0, 0.1) is 11.3 Å². The Morgan fingerprint density at radius 1 is 1.17 bits per heavy atom. The number of aliphatic hydroxyl groups is 1. The van der Waals surface area contributed by atoms with Gasteiger partial charge in [0, 0.05) is 12.2 Å². The molecule has 10 heteroatoms. The molecule has 0 heterocycles. The lowest BCUT2D eigenvalue weighted by molar-refractivity contribution is -0.137. The molecule has 30 heavy (non-hydrogen) atoms. The highest BCUT2D eigenvalue weighted by Crippen LogP contribution is 2.36. The summed E-state index contributed by atoms with van der Waals surface area (Å²) in [6.45, 7) is -0.373. The molecule has 5 nitrogen and oxygen atoms in total. The van der Waals surface area contributed by atoms with Crippen LogP contribution in [0.4, 0.5) is 18.9 Å². The van der Waals surface area contributed by atoms with Gasteiger partial charge in [-0.05, 0) is 48.7 Å². The molecule has 1 aliphatic rings. The standard InChI is InChI=1S/C20H18ClF3N2O3S/c21-18-9-16(5-4-13(18)10-25)26-11-19(27,12-30(28,29)17-6-7-17)14-2-1-3-15(8-14)20(22,23)24/h1-5,8-9,17,26-27H,6-7,11-12H2. The first-order valence-corrected chi connectivity index (χ1v) is 11.1. The number of hydrogen-bond donors (Lipinski definition) is 2. The van der Waals surface area contributed by atoms with E-state index in [-0.39, 0.29) is 22.7 Å². The fourth-order valence-corrected chi connectivity index (χ4v) is 5.31. The Labute approximate surface area is 177 Å². The van der Waals surface area contributed by atoms with E-state index in [9.17, 15) is 26.7 Å². The van der Waals surface area contributed by atoms with Crippen LogP contribution in [0.5, 0.6) is 0 Å². The summed E-state index contributed by atoms with van der Waals surface area (Å²) in [6.07, 6.45) is -3.69. The summed E-state index contributed by atoms with van der Waals surface area (Å²) in [6, 6.07) is 10.3. The number of halogens is 4. The summed E-state index contributed by atoms with van der Waals surface area (Å²) in [5.74, 6) is -0.719. The van der Waals surface area contributed by atoms with Crippen LogP contribution in [-0.2, 0) is 21.6 Å². The van der Waals surface area contributed by atoms with Gasteiger partial charge in [0.2, 0.25) is 0 Å². The number of nitrogens with zero attached hydrogens (tertiary/aromatic N) is 1. The lowest BCUT2D eigenvalue weighted by Gasteiger charge is -2.30. The van der Waals surface area contributed by atoms with Crippen LogP contribution < -0.4 is 5.32 Å². The summed E-state index contributed by atoms with van der Waals surface area (Å²) in [4.78, 5) is 0. The number of sulfone groups is 1. The number of alkyl halides is 3. The Kier molecular flexibility index (Phi) is 6.05. The van der Waals surface area contributed by atoms with Crippen molar-refractivity contribution in [1.29, 1.82) is 5.26 Å². The van der Waals surface area contributed by atoms with Crippen LogP contribution in [0.3, 0.4) is 0 Å². The summed E-state index contributed by atoms with van der Waals surface area (Å²) >= 11 is 5.98. The van der Waals surface area contributed by atoms with E-state index in [1.54, 1.807) is 0 Å². The molecular weight excluding hydrogens is 441 g/mol. The van der Waals surface area contributed by atoms with Gasteiger partial charge in [-0.15, -0.1) is 0 Å². The molecule has 1 atom stereocenters. The lowest BCUT2D eigenvalue weighted by atomic mass is 9.93. The maximum Gasteiger partial charge on any atom is 0.416 e.